The third kappa shape index (κ3) is 4.27. The molecule has 3 atom stereocenters. The molecule has 21 heavy (non-hydrogen) atoms. The molecule has 0 radical (unpaired) electrons. The lowest BCUT2D eigenvalue weighted by Crippen LogP contribution is -2.40. The van der Waals surface area contributed by atoms with Crippen molar-refractivity contribution in [3.05, 3.63) is 35.9 Å². The molecule has 1 aromatic carbocycles. The number of nitrogens with two attached hydrogens (primary N) is 1. The van der Waals surface area contributed by atoms with Crippen molar-refractivity contribution in [2.75, 3.05) is 27.2 Å². The topological polar surface area (TPSA) is 67.6 Å². The molecule has 1 aromatic rings. The summed E-state index contributed by atoms with van der Waals surface area (Å²) in [5.41, 5.74) is 6.76. The minimum absolute atomic E-state index is 0.0273. The molecule has 0 aromatic heterocycles. The molecule has 116 valence electrons. The summed E-state index contributed by atoms with van der Waals surface area (Å²) in [6.07, 6.45) is 1.30. The maximum absolute atomic E-state index is 12.2. The second-order valence-electron chi connectivity index (χ2n) is 5.70. The Bertz CT molecular complexity index is 450. The van der Waals surface area contributed by atoms with E-state index in [1.807, 2.05) is 32.3 Å². The molecular formula is C16H25N3O2. The van der Waals surface area contributed by atoms with Gasteiger partial charge in [0.1, 0.15) is 6.10 Å². The van der Waals surface area contributed by atoms with Gasteiger partial charge in [-0.25, -0.2) is 0 Å². The monoisotopic (exact) mass is 291 g/mol. The van der Waals surface area contributed by atoms with Crippen LogP contribution in [0.2, 0.25) is 0 Å². The van der Waals surface area contributed by atoms with Gasteiger partial charge in [-0.3, -0.25) is 4.79 Å². The number of amides is 1. The van der Waals surface area contributed by atoms with Crippen LogP contribution in [0.1, 0.15) is 24.4 Å². The van der Waals surface area contributed by atoms with E-state index < -0.39 is 0 Å². The number of nitrogens with one attached hydrogen (secondary N) is 1. The van der Waals surface area contributed by atoms with E-state index in [-0.39, 0.29) is 24.2 Å². The van der Waals surface area contributed by atoms with Crippen molar-refractivity contribution in [2.45, 2.75) is 31.1 Å². The van der Waals surface area contributed by atoms with Crippen molar-refractivity contribution in [3.8, 4) is 0 Å². The molecule has 1 unspecified atom stereocenters. The van der Waals surface area contributed by atoms with E-state index in [2.05, 4.69) is 22.3 Å². The highest BCUT2D eigenvalue weighted by Crippen LogP contribution is 2.20. The van der Waals surface area contributed by atoms with Crippen LogP contribution in [0.25, 0.3) is 0 Å². The average Bonchev–Trinajstić information content (AvgIpc) is 2.97. The molecule has 1 saturated heterocycles. The molecule has 5 heteroatoms. The van der Waals surface area contributed by atoms with Gasteiger partial charge in [0.25, 0.3) is 0 Å². The highest BCUT2D eigenvalue weighted by molar-refractivity contribution is 5.81. The van der Waals surface area contributed by atoms with Gasteiger partial charge in [-0.1, -0.05) is 30.3 Å². The smallest absolute Gasteiger partial charge is 0.249 e. The van der Waals surface area contributed by atoms with Gasteiger partial charge < -0.3 is 20.7 Å². The number of hydrogen-bond acceptors (Lipinski definition) is 4. The SMILES string of the molecule is CN(C)C(CNC(=O)[C@@H]1CC[C@H](CN)O1)c1ccccc1. The molecule has 1 aliphatic heterocycles. The van der Waals surface area contributed by atoms with Crippen molar-refractivity contribution < 1.29 is 9.53 Å². The molecule has 0 bridgehead atoms. The van der Waals surface area contributed by atoms with Gasteiger partial charge in [-0.15, -0.1) is 0 Å². The Kier molecular flexibility index (Phi) is 5.73. The minimum Gasteiger partial charge on any atom is -0.364 e. The van der Waals surface area contributed by atoms with E-state index in [1.54, 1.807) is 0 Å². The van der Waals surface area contributed by atoms with Gasteiger partial charge >= 0.3 is 0 Å². The summed E-state index contributed by atoms with van der Waals surface area (Å²) in [6.45, 7) is 1.05. The van der Waals surface area contributed by atoms with Crippen molar-refractivity contribution in [3.63, 3.8) is 0 Å². The van der Waals surface area contributed by atoms with Crippen molar-refractivity contribution in [1.29, 1.82) is 0 Å². The third-order valence-electron chi connectivity index (χ3n) is 3.94. The van der Waals surface area contributed by atoms with Crippen molar-refractivity contribution in [1.82, 2.24) is 10.2 Å². The molecule has 0 saturated carbocycles. The second-order valence-corrected chi connectivity index (χ2v) is 5.70. The summed E-state index contributed by atoms with van der Waals surface area (Å²) >= 11 is 0. The molecule has 0 spiro atoms. The van der Waals surface area contributed by atoms with E-state index in [1.165, 1.54) is 5.56 Å². The van der Waals surface area contributed by atoms with Gasteiger partial charge in [0.15, 0.2) is 0 Å². The molecule has 1 amide bonds. The predicted molar refractivity (Wildman–Crippen MR) is 82.8 cm³/mol. The van der Waals surface area contributed by atoms with E-state index >= 15 is 0 Å². The first-order valence-corrected chi connectivity index (χ1v) is 7.46. The Morgan fingerprint density at radius 1 is 1.38 bits per heavy atom. The van der Waals surface area contributed by atoms with E-state index in [9.17, 15) is 4.79 Å². The lowest BCUT2D eigenvalue weighted by molar-refractivity contribution is -0.132. The number of likely N-dealkylation sites (N-methyl/N-ethyl adjacent to an activating group) is 1. The Hall–Kier alpha value is -1.43. The number of benzene rings is 1. The number of carbonyl (C=O) groups excluding carboxylic acids is 1. The highest BCUT2D eigenvalue weighted by Gasteiger charge is 2.30. The van der Waals surface area contributed by atoms with Crippen molar-refractivity contribution >= 4 is 5.91 Å². The van der Waals surface area contributed by atoms with E-state index in [0.717, 1.165) is 12.8 Å². The zero-order chi connectivity index (χ0) is 15.2. The minimum atomic E-state index is -0.350. The van der Waals surface area contributed by atoms with Crippen LogP contribution in [0.4, 0.5) is 0 Å². The Labute approximate surface area is 126 Å². The van der Waals surface area contributed by atoms with Crippen LogP contribution in [0.5, 0.6) is 0 Å². The Balaban J connectivity index is 1.89. The number of hydrogen-bond donors (Lipinski definition) is 2. The molecular weight excluding hydrogens is 266 g/mol. The largest absolute Gasteiger partial charge is 0.364 e. The van der Waals surface area contributed by atoms with E-state index in [4.69, 9.17) is 10.5 Å². The number of nitrogens with zero attached hydrogens (tertiary/aromatic N) is 1. The molecule has 2 rings (SSSR count). The van der Waals surface area contributed by atoms with Gasteiger partial charge in [-0.05, 0) is 32.5 Å². The van der Waals surface area contributed by atoms with Gasteiger partial charge in [0.2, 0.25) is 5.91 Å². The summed E-state index contributed by atoms with van der Waals surface area (Å²) in [5, 5.41) is 3.00. The number of carbonyl (C=O) groups is 1. The average molecular weight is 291 g/mol. The van der Waals surface area contributed by atoms with Crippen LogP contribution in [0.15, 0.2) is 30.3 Å². The lowest BCUT2D eigenvalue weighted by atomic mass is 10.1. The molecule has 5 nitrogen and oxygen atoms in total. The van der Waals surface area contributed by atoms with Crippen LogP contribution in [0.3, 0.4) is 0 Å². The fourth-order valence-electron chi connectivity index (χ4n) is 2.66. The van der Waals surface area contributed by atoms with E-state index in [0.29, 0.717) is 13.1 Å². The molecule has 0 aliphatic carbocycles. The maximum atomic E-state index is 12.2. The normalized spacial score (nSPS) is 23.2. The summed E-state index contributed by atoms with van der Waals surface area (Å²) in [7, 11) is 4.03. The molecule has 1 fully saturated rings. The zero-order valence-electron chi connectivity index (χ0n) is 12.8. The van der Waals surface area contributed by atoms with Gasteiger partial charge in [-0.2, -0.15) is 0 Å². The van der Waals surface area contributed by atoms with Crippen LogP contribution < -0.4 is 11.1 Å². The first-order chi connectivity index (χ1) is 10.1. The summed E-state index contributed by atoms with van der Waals surface area (Å²) < 4.78 is 5.62. The summed E-state index contributed by atoms with van der Waals surface area (Å²) in [5.74, 6) is -0.0336. The van der Waals surface area contributed by atoms with Crippen LogP contribution >= 0.6 is 0 Å². The fourth-order valence-corrected chi connectivity index (χ4v) is 2.66. The van der Waals surface area contributed by atoms with Gasteiger partial charge in [0.05, 0.1) is 12.1 Å². The molecule has 3 N–H and O–H groups in total. The Morgan fingerprint density at radius 2 is 2.10 bits per heavy atom. The maximum Gasteiger partial charge on any atom is 0.249 e. The van der Waals surface area contributed by atoms with Crippen molar-refractivity contribution in [2.24, 2.45) is 5.73 Å². The molecule has 1 heterocycles. The number of ether oxygens (including phenoxy) is 1. The standard InChI is InChI=1S/C16H25N3O2/c1-19(2)14(12-6-4-3-5-7-12)11-18-16(20)15-9-8-13(10-17)21-15/h3-7,13-15H,8-11,17H2,1-2H3,(H,18,20)/t13-,14?,15+/m1/s1. The quantitative estimate of drug-likeness (QED) is 0.817. The number of rotatable bonds is 6. The van der Waals surface area contributed by atoms with Crippen LogP contribution in [-0.4, -0.2) is 50.2 Å². The highest BCUT2D eigenvalue weighted by atomic mass is 16.5. The molecule has 1 aliphatic rings. The predicted octanol–water partition coefficient (Wildman–Crippen LogP) is 0.912. The summed E-state index contributed by atoms with van der Waals surface area (Å²) in [4.78, 5) is 14.3. The Morgan fingerprint density at radius 3 is 2.67 bits per heavy atom. The zero-order valence-corrected chi connectivity index (χ0v) is 12.8. The second kappa shape index (κ2) is 7.54. The summed E-state index contributed by atoms with van der Waals surface area (Å²) in [6, 6.07) is 10.3. The van der Waals surface area contributed by atoms with Gasteiger partial charge in [0, 0.05) is 13.1 Å². The fraction of sp³-hybridized carbons (Fsp3) is 0.562. The lowest BCUT2D eigenvalue weighted by Gasteiger charge is -2.25. The van der Waals surface area contributed by atoms with Crippen LogP contribution in [-0.2, 0) is 9.53 Å². The van der Waals surface area contributed by atoms with Crippen LogP contribution in [0, 0.1) is 0 Å². The third-order valence-corrected chi connectivity index (χ3v) is 3.94. The first kappa shape index (κ1) is 15.9. The first-order valence-electron chi connectivity index (χ1n) is 7.46.